The summed E-state index contributed by atoms with van der Waals surface area (Å²) in [5, 5.41) is 0.838. The van der Waals surface area contributed by atoms with E-state index in [-0.39, 0.29) is 5.91 Å². The third-order valence-electron chi connectivity index (χ3n) is 3.80. The highest BCUT2D eigenvalue weighted by atomic mass is 32.2. The first-order valence-corrected chi connectivity index (χ1v) is 8.70. The predicted octanol–water partition coefficient (Wildman–Crippen LogP) is 3.71. The van der Waals surface area contributed by atoms with Crippen LogP contribution in [0, 0.1) is 0 Å². The van der Waals surface area contributed by atoms with E-state index in [4.69, 9.17) is 4.74 Å². The van der Waals surface area contributed by atoms with Crippen molar-refractivity contribution in [2.45, 2.75) is 19.3 Å². The van der Waals surface area contributed by atoms with Gasteiger partial charge in [0.15, 0.2) is 5.17 Å². The summed E-state index contributed by atoms with van der Waals surface area (Å²) in [6.07, 6.45) is 7.18. The zero-order chi connectivity index (χ0) is 16.1. The molecule has 0 N–H and O–H groups in total. The second-order valence-electron chi connectivity index (χ2n) is 5.50. The van der Waals surface area contributed by atoms with Crippen molar-refractivity contribution in [3.63, 3.8) is 0 Å². The molecule has 0 aromatic heterocycles. The minimum Gasteiger partial charge on any atom is -0.489 e. The highest BCUT2D eigenvalue weighted by molar-refractivity contribution is 8.18. The molecule has 0 radical (unpaired) electrons. The number of hydrogen-bond acceptors (Lipinski definition) is 4. The Bertz CT molecular complexity index is 661. The lowest BCUT2D eigenvalue weighted by atomic mass is 10.1. The molecule has 120 valence electrons. The molecule has 1 aromatic rings. The maximum absolute atomic E-state index is 12.2. The maximum Gasteiger partial charge on any atom is 0.286 e. The van der Waals surface area contributed by atoms with Crippen molar-refractivity contribution in [3.05, 3.63) is 47.4 Å². The minimum atomic E-state index is -0.158. The molecule has 0 atom stereocenters. The van der Waals surface area contributed by atoms with Crippen LogP contribution >= 0.6 is 11.8 Å². The molecule has 2 heterocycles. The number of benzene rings is 1. The SMILES string of the molecule is C=CCOc1ccccc1/C=C1/SC(N2CCCCC2)=NC1=O. The highest BCUT2D eigenvalue weighted by Gasteiger charge is 2.27. The molecular weight excluding hydrogens is 308 g/mol. The number of likely N-dealkylation sites (tertiary alicyclic amines) is 1. The first-order valence-electron chi connectivity index (χ1n) is 7.88. The Morgan fingerprint density at radius 2 is 2.04 bits per heavy atom. The number of amides is 1. The molecule has 0 aliphatic carbocycles. The average Bonchev–Trinajstić information content (AvgIpc) is 2.96. The van der Waals surface area contributed by atoms with Crippen molar-refractivity contribution in [1.29, 1.82) is 0 Å². The first-order chi connectivity index (χ1) is 11.3. The summed E-state index contributed by atoms with van der Waals surface area (Å²) >= 11 is 1.46. The number of thioether (sulfide) groups is 1. The van der Waals surface area contributed by atoms with Crippen LogP contribution in [0.5, 0.6) is 5.75 Å². The number of carbonyl (C=O) groups is 1. The molecule has 2 aliphatic heterocycles. The van der Waals surface area contributed by atoms with Gasteiger partial charge in [0.25, 0.3) is 5.91 Å². The normalized spacial score (nSPS) is 19.8. The van der Waals surface area contributed by atoms with Gasteiger partial charge in [-0.15, -0.1) is 0 Å². The summed E-state index contributed by atoms with van der Waals surface area (Å²) in [6, 6.07) is 7.69. The van der Waals surface area contributed by atoms with E-state index < -0.39 is 0 Å². The molecule has 2 aliphatic rings. The maximum atomic E-state index is 12.2. The largest absolute Gasteiger partial charge is 0.489 e. The number of rotatable bonds is 4. The number of amidine groups is 1. The molecule has 4 nitrogen and oxygen atoms in total. The van der Waals surface area contributed by atoms with Crippen molar-refractivity contribution in [1.82, 2.24) is 4.90 Å². The Morgan fingerprint density at radius 3 is 2.83 bits per heavy atom. The second kappa shape index (κ2) is 7.51. The van der Waals surface area contributed by atoms with Crippen LogP contribution in [-0.2, 0) is 4.79 Å². The summed E-state index contributed by atoms with van der Waals surface area (Å²) < 4.78 is 5.64. The zero-order valence-corrected chi connectivity index (χ0v) is 13.8. The van der Waals surface area contributed by atoms with Gasteiger partial charge in [-0.05, 0) is 43.2 Å². The molecule has 1 fully saturated rings. The summed E-state index contributed by atoms with van der Waals surface area (Å²) in [5.41, 5.74) is 0.889. The third kappa shape index (κ3) is 3.85. The van der Waals surface area contributed by atoms with E-state index in [0.29, 0.717) is 11.5 Å². The van der Waals surface area contributed by atoms with E-state index in [2.05, 4.69) is 16.5 Å². The van der Waals surface area contributed by atoms with Gasteiger partial charge in [-0.3, -0.25) is 4.79 Å². The lowest BCUT2D eigenvalue weighted by molar-refractivity contribution is -0.113. The minimum absolute atomic E-state index is 0.158. The van der Waals surface area contributed by atoms with Crippen LogP contribution in [0.4, 0.5) is 0 Å². The van der Waals surface area contributed by atoms with E-state index in [0.717, 1.165) is 29.6 Å². The monoisotopic (exact) mass is 328 g/mol. The fraction of sp³-hybridized carbons (Fsp3) is 0.333. The Balaban J connectivity index is 1.76. The quantitative estimate of drug-likeness (QED) is 0.624. The summed E-state index contributed by atoms with van der Waals surface area (Å²) in [5.74, 6) is 0.591. The van der Waals surface area contributed by atoms with Crippen molar-refractivity contribution < 1.29 is 9.53 Å². The van der Waals surface area contributed by atoms with Crippen LogP contribution < -0.4 is 4.74 Å². The van der Waals surface area contributed by atoms with Gasteiger partial charge in [-0.1, -0.05) is 30.9 Å². The topological polar surface area (TPSA) is 41.9 Å². The molecule has 1 saturated heterocycles. The van der Waals surface area contributed by atoms with Crippen molar-refractivity contribution >= 4 is 28.9 Å². The number of piperidine rings is 1. The smallest absolute Gasteiger partial charge is 0.286 e. The van der Waals surface area contributed by atoms with Crippen molar-refractivity contribution in [2.75, 3.05) is 19.7 Å². The van der Waals surface area contributed by atoms with Gasteiger partial charge >= 0.3 is 0 Å². The number of carbonyl (C=O) groups excluding carboxylic acids is 1. The molecule has 3 rings (SSSR count). The molecule has 1 amide bonds. The van der Waals surface area contributed by atoms with E-state index in [9.17, 15) is 4.79 Å². The zero-order valence-electron chi connectivity index (χ0n) is 13.0. The van der Waals surface area contributed by atoms with E-state index >= 15 is 0 Å². The lowest BCUT2D eigenvalue weighted by Gasteiger charge is -2.27. The van der Waals surface area contributed by atoms with Crippen LogP contribution in [0.2, 0.25) is 0 Å². The summed E-state index contributed by atoms with van der Waals surface area (Å²) in [6.45, 7) is 6.08. The Labute approximate surface area is 140 Å². The van der Waals surface area contributed by atoms with Gasteiger partial charge in [0.2, 0.25) is 0 Å². The number of nitrogens with zero attached hydrogens (tertiary/aromatic N) is 2. The molecule has 5 heteroatoms. The van der Waals surface area contributed by atoms with Gasteiger partial charge in [-0.2, -0.15) is 4.99 Å². The standard InChI is InChI=1S/C18H20N2O2S/c1-2-12-22-15-9-5-4-8-14(15)13-16-17(21)19-18(23-16)20-10-6-3-7-11-20/h2,4-5,8-9,13H,1,3,6-7,10-12H2/b16-13+. The summed E-state index contributed by atoms with van der Waals surface area (Å²) in [4.78, 5) is 19.3. The number of ether oxygens (including phenoxy) is 1. The van der Waals surface area contributed by atoms with Crippen LogP contribution in [-0.4, -0.2) is 35.7 Å². The lowest BCUT2D eigenvalue weighted by Crippen LogP contribution is -2.33. The average molecular weight is 328 g/mol. The van der Waals surface area contributed by atoms with Crippen molar-refractivity contribution in [3.8, 4) is 5.75 Å². The van der Waals surface area contributed by atoms with Crippen LogP contribution in [0.25, 0.3) is 6.08 Å². The molecule has 0 spiro atoms. The van der Waals surface area contributed by atoms with Crippen LogP contribution in [0.3, 0.4) is 0 Å². The number of aliphatic imine (C=N–C) groups is 1. The Hall–Kier alpha value is -2.01. The van der Waals surface area contributed by atoms with E-state index in [1.165, 1.54) is 31.0 Å². The summed E-state index contributed by atoms with van der Waals surface area (Å²) in [7, 11) is 0. The molecule has 0 bridgehead atoms. The predicted molar refractivity (Wildman–Crippen MR) is 95.6 cm³/mol. The highest BCUT2D eigenvalue weighted by Crippen LogP contribution is 2.33. The van der Waals surface area contributed by atoms with Gasteiger partial charge in [-0.25, -0.2) is 0 Å². The fourth-order valence-electron chi connectivity index (χ4n) is 2.64. The molecule has 0 unspecified atom stereocenters. The van der Waals surface area contributed by atoms with Crippen LogP contribution in [0.15, 0.2) is 46.8 Å². The van der Waals surface area contributed by atoms with Crippen LogP contribution in [0.1, 0.15) is 24.8 Å². The molecule has 0 saturated carbocycles. The van der Waals surface area contributed by atoms with Crippen molar-refractivity contribution in [2.24, 2.45) is 4.99 Å². The van der Waals surface area contributed by atoms with Gasteiger partial charge in [0.1, 0.15) is 12.4 Å². The Morgan fingerprint density at radius 1 is 1.26 bits per heavy atom. The van der Waals surface area contributed by atoms with Gasteiger partial charge in [0.05, 0.1) is 4.91 Å². The fourth-order valence-corrected chi connectivity index (χ4v) is 3.60. The third-order valence-corrected chi connectivity index (χ3v) is 4.84. The number of hydrogen-bond donors (Lipinski definition) is 0. The molecule has 23 heavy (non-hydrogen) atoms. The van der Waals surface area contributed by atoms with Gasteiger partial charge < -0.3 is 9.64 Å². The number of para-hydroxylation sites is 1. The second-order valence-corrected chi connectivity index (χ2v) is 6.50. The Kier molecular flexibility index (Phi) is 5.18. The molecular formula is C18H20N2O2S. The van der Waals surface area contributed by atoms with Gasteiger partial charge in [0, 0.05) is 18.7 Å². The van der Waals surface area contributed by atoms with E-state index in [1.807, 2.05) is 30.3 Å². The van der Waals surface area contributed by atoms with E-state index in [1.54, 1.807) is 6.08 Å². The molecule has 1 aromatic carbocycles. The first kappa shape index (κ1) is 15.9.